The molecule has 1 unspecified atom stereocenters. The van der Waals surface area contributed by atoms with Gasteiger partial charge in [0.2, 0.25) is 0 Å². The molecule has 2 aromatic carbocycles. The first-order valence-corrected chi connectivity index (χ1v) is 7.73. The molecule has 3 rings (SSSR count). The van der Waals surface area contributed by atoms with Crippen LogP contribution in [0, 0.1) is 0 Å². The molecule has 122 valence electrons. The molecule has 0 saturated heterocycles. The number of H-pyrrole nitrogens is 1. The number of aromatic amines is 1. The normalized spacial score (nSPS) is 12.0. The number of carboxylic acids is 1. The molecule has 0 radical (unpaired) electrons. The molecule has 1 aromatic heterocycles. The minimum absolute atomic E-state index is 0.0924. The van der Waals surface area contributed by atoms with Crippen molar-refractivity contribution >= 4 is 22.8 Å². The Bertz CT molecular complexity index is 884. The molecule has 0 spiro atoms. The number of aromatic nitrogens is 1. The zero-order valence-corrected chi connectivity index (χ0v) is 13.2. The Morgan fingerprint density at radius 2 is 1.75 bits per heavy atom. The highest BCUT2D eigenvalue weighted by Gasteiger charge is 2.20. The van der Waals surface area contributed by atoms with Gasteiger partial charge >= 0.3 is 5.97 Å². The van der Waals surface area contributed by atoms with Crippen molar-refractivity contribution in [1.29, 1.82) is 0 Å². The zero-order valence-electron chi connectivity index (χ0n) is 13.2. The van der Waals surface area contributed by atoms with E-state index in [1.165, 1.54) is 0 Å². The van der Waals surface area contributed by atoms with Crippen LogP contribution in [0.3, 0.4) is 0 Å². The summed E-state index contributed by atoms with van der Waals surface area (Å²) in [6, 6.07) is 16.2. The van der Waals surface area contributed by atoms with E-state index in [1.54, 1.807) is 24.3 Å². The largest absolute Gasteiger partial charge is 0.481 e. The number of carboxylic acid groups (broad SMARTS) is 1. The van der Waals surface area contributed by atoms with Crippen LogP contribution in [-0.4, -0.2) is 22.0 Å². The molecular weight excluding hydrogens is 304 g/mol. The van der Waals surface area contributed by atoms with Crippen molar-refractivity contribution in [3.05, 3.63) is 71.4 Å². The summed E-state index contributed by atoms with van der Waals surface area (Å²) in [5, 5.41) is 13.0. The Kier molecular flexibility index (Phi) is 4.33. The lowest BCUT2D eigenvalue weighted by molar-refractivity contribution is -0.136. The van der Waals surface area contributed by atoms with Crippen LogP contribution in [0.5, 0.6) is 0 Å². The molecule has 0 aliphatic carbocycles. The van der Waals surface area contributed by atoms with Crippen LogP contribution >= 0.6 is 0 Å². The average molecular weight is 322 g/mol. The van der Waals surface area contributed by atoms with Crippen molar-refractivity contribution in [2.24, 2.45) is 0 Å². The van der Waals surface area contributed by atoms with E-state index in [9.17, 15) is 14.7 Å². The van der Waals surface area contributed by atoms with Crippen molar-refractivity contribution in [3.63, 3.8) is 0 Å². The average Bonchev–Trinajstić information content (AvgIpc) is 2.94. The highest BCUT2D eigenvalue weighted by Crippen LogP contribution is 2.27. The molecule has 1 heterocycles. The van der Waals surface area contributed by atoms with Crippen LogP contribution in [0.25, 0.3) is 10.9 Å². The number of fused-ring (bicyclic) bond motifs is 1. The summed E-state index contributed by atoms with van der Waals surface area (Å²) >= 11 is 0. The van der Waals surface area contributed by atoms with Crippen molar-refractivity contribution in [3.8, 4) is 0 Å². The van der Waals surface area contributed by atoms with E-state index in [0.717, 1.165) is 16.6 Å². The number of para-hydroxylation sites is 1. The summed E-state index contributed by atoms with van der Waals surface area (Å²) in [4.78, 5) is 26.8. The zero-order chi connectivity index (χ0) is 17.1. The minimum Gasteiger partial charge on any atom is -0.481 e. The predicted molar refractivity (Wildman–Crippen MR) is 92.0 cm³/mol. The standard InChI is InChI=1S/C19H18N2O3/c1-12(20-19(24)13-7-3-2-4-8-13)18-15(11-17(22)23)14-9-5-6-10-16(14)21-18/h2-10,12,21H,11H2,1H3,(H,20,24)(H,22,23). The molecule has 0 saturated carbocycles. The lowest BCUT2D eigenvalue weighted by Crippen LogP contribution is -2.27. The van der Waals surface area contributed by atoms with E-state index in [2.05, 4.69) is 10.3 Å². The quantitative estimate of drug-likeness (QED) is 0.674. The molecular formula is C19H18N2O3. The molecule has 3 N–H and O–H groups in total. The van der Waals surface area contributed by atoms with Crippen LogP contribution in [0.2, 0.25) is 0 Å². The second kappa shape index (κ2) is 6.58. The Hall–Kier alpha value is -3.08. The van der Waals surface area contributed by atoms with E-state index in [4.69, 9.17) is 0 Å². The fraction of sp³-hybridized carbons (Fsp3) is 0.158. The minimum atomic E-state index is -0.900. The van der Waals surface area contributed by atoms with Crippen molar-refractivity contribution < 1.29 is 14.7 Å². The van der Waals surface area contributed by atoms with Gasteiger partial charge in [0.15, 0.2) is 0 Å². The molecule has 5 heteroatoms. The monoisotopic (exact) mass is 322 g/mol. The molecule has 24 heavy (non-hydrogen) atoms. The number of carbonyl (C=O) groups excluding carboxylic acids is 1. The van der Waals surface area contributed by atoms with E-state index < -0.39 is 5.97 Å². The van der Waals surface area contributed by atoms with E-state index in [-0.39, 0.29) is 18.4 Å². The van der Waals surface area contributed by atoms with Gasteiger partial charge in [-0.25, -0.2) is 0 Å². The fourth-order valence-corrected chi connectivity index (χ4v) is 2.87. The van der Waals surface area contributed by atoms with Crippen molar-refractivity contribution in [2.75, 3.05) is 0 Å². The molecule has 0 aliphatic heterocycles. The first kappa shape index (κ1) is 15.8. The number of hydrogen-bond donors (Lipinski definition) is 3. The van der Waals surface area contributed by atoms with Gasteiger partial charge in [-0.15, -0.1) is 0 Å². The topological polar surface area (TPSA) is 82.2 Å². The molecule has 0 fully saturated rings. The second-order valence-corrected chi connectivity index (χ2v) is 5.69. The summed E-state index contributed by atoms with van der Waals surface area (Å²) in [7, 11) is 0. The number of aliphatic carboxylic acids is 1. The number of nitrogens with one attached hydrogen (secondary N) is 2. The number of rotatable bonds is 5. The summed E-state index contributed by atoms with van der Waals surface area (Å²) < 4.78 is 0. The number of carbonyl (C=O) groups is 2. The first-order valence-electron chi connectivity index (χ1n) is 7.73. The van der Waals surface area contributed by atoms with Crippen LogP contribution in [0.1, 0.15) is 34.6 Å². The third-order valence-electron chi connectivity index (χ3n) is 3.99. The fourth-order valence-electron chi connectivity index (χ4n) is 2.87. The Morgan fingerprint density at radius 1 is 1.08 bits per heavy atom. The molecule has 3 aromatic rings. The van der Waals surface area contributed by atoms with Crippen LogP contribution in [-0.2, 0) is 11.2 Å². The summed E-state index contributed by atoms with van der Waals surface area (Å²) in [5.41, 5.74) is 2.87. The third-order valence-corrected chi connectivity index (χ3v) is 3.99. The number of hydrogen-bond acceptors (Lipinski definition) is 2. The lowest BCUT2D eigenvalue weighted by Gasteiger charge is -2.15. The van der Waals surface area contributed by atoms with Gasteiger partial charge in [0, 0.05) is 22.2 Å². The molecule has 1 atom stereocenters. The highest BCUT2D eigenvalue weighted by molar-refractivity contribution is 5.95. The van der Waals surface area contributed by atoms with Crippen LogP contribution in [0.15, 0.2) is 54.6 Å². The van der Waals surface area contributed by atoms with Gasteiger partial charge in [-0.3, -0.25) is 9.59 Å². The Labute approximate surface area is 139 Å². The number of amides is 1. The lowest BCUT2D eigenvalue weighted by atomic mass is 10.0. The summed E-state index contributed by atoms with van der Waals surface area (Å²) in [6.07, 6.45) is -0.0924. The second-order valence-electron chi connectivity index (χ2n) is 5.69. The molecule has 0 aliphatic rings. The van der Waals surface area contributed by atoms with Crippen molar-refractivity contribution in [1.82, 2.24) is 10.3 Å². The molecule has 5 nitrogen and oxygen atoms in total. The highest BCUT2D eigenvalue weighted by atomic mass is 16.4. The molecule has 0 bridgehead atoms. The predicted octanol–water partition coefficient (Wildman–Crippen LogP) is 3.29. The maximum atomic E-state index is 12.3. The summed E-state index contributed by atoms with van der Waals surface area (Å²) in [5.74, 6) is -1.09. The van der Waals surface area contributed by atoms with Gasteiger partial charge < -0.3 is 15.4 Å². The van der Waals surface area contributed by atoms with Crippen molar-refractivity contribution in [2.45, 2.75) is 19.4 Å². The van der Waals surface area contributed by atoms with Gasteiger partial charge in [0.1, 0.15) is 0 Å². The Morgan fingerprint density at radius 3 is 2.46 bits per heavy atom. The van der Waals surface area contributed by atoms with Gasteiger partial charge in [0.05, 0.1) is 12.5 Å². The SMILES string of the molecule is CC(NC(=O)c1ccccc1)c1[nH]c2ccccc2c1CC(=O)O. The van der Waals surface area contributed by atoms with E-state index in [0.29, 0.717) is 11.1 Å². The van der Waals surface area contributed by atoms with E-state index in [1.807, 2.05) is 37.3 Å². The number of benzene rings is 2. The van der Waals surface area contributed by atoms with E-state index >= 15 is 0 Å². The first-order chi connectivity index (χ1) is 11.6. The maximum absolute atomic E-state index is 12.3. The smallest absolute Gasteiger partial charge is 0.307 e. The van der Waals surface area contributed by atoms with Gasteiger partial charge in [0.25, 0.3) is 5.91 Å². The maximum Gasteiger partial charge on any atom is 0.307 e. The summed E-state index contributed by atoms with van der Waals surface area (Å²) in [6.45, 7) is 1.84. The van der Waals surface area contributed by atoms with Gasteiger partial charge in [-0.05, 0) is 30.7 Å². The Balaban J connectivity index is 1.93. The van der Waals surface area contributed by atoms with Crippen LogP contribution in [0.4, 0.5) is 0 Å². The van der Waals surface area contributed by atoms with Gasteiger partial charge in [-0.1, -0.05) is 36.4 Å². The van der Waals surface area contributed by atoms with Crippen LogP contribution < -0.4 is 5.32 Å². The molecule has 1 amide bonds. The third kappa shape index (κ3) is 3.15. The van der Waals surface area contributed by atoms with Gasteiger partial charge in [-0.2, -0.15) is 0 Å².